The number of nitrogens with zero attached hydrogens (tertiary/aromatic N) is 2. The summed E-state index contributed by atoms with van der Waals surface area (Å²) >= 11 is 0. The molecule has 0 spiro atoms. The largest absolute Gasteiger partial charge is 0.353 e. The molecule has 1 saturated heterocycles. The second-order valence-corrected chi connectivity index (χ2v) is 7.28. The van der Waals surface area contributed by atoms with E-state index in [1.54, 1.807) is 25.2 Å². The maximum absolute atomic E-state index is 11.4. The van der Waals surface area contributed by atoms with Crippen LogP contribution in [-0.4, -0.2) is 43.9 Å². The van der Waals surface area contributed by atoms with Gasteiger partial charge >= 0.3 is 0 Å². The summed E-state index contributed by atoms with van der Waals surface area (Å²) in [5.41, 5.74) is 0.573. The van der Waals surface area contributed by atoms with Gasteiger partial charge in [0.05, 0.1) is 16.4 Å². The van der Waals surface area contributed by atoms with E-state index in [-0.39, 0.29) is 53.8 Å². The van der Waals surface area contributed by atoms with Crippen LogP contribution in [-0.2, 0) is 16.4 Å². The molecule has 0 amide bonds. The first kappa shape index (κ1) is 19.6. The van der Waals surface area contributed by atoms with Crippen molar-refractivity contribution in [1.82, 2.24) is 10.6 Å². The number of nitro benzene ring substituents is 1. The molecule has 23 heavy (non-hydrogen) atoms. The molecule has 1 atom stereocenters. The molecule has 0 saturated carbocycles. The Labute approximate surface area is 151 Å². The summed E-state index contributed by atoms with van der Waals surface area (Å²) in [6.07, 6.45) is 0.536. The first-order valence-electron chi connectivity index (χ1n) is 6.81. The molecular weight excluding hydrogens is 435 g/mol. The Morgan fingerprint density at radius 1 is 1.43 bits per heavy atom. The van der Waals surface area contributed by atoms with E-state index in [9.17, 15) is 18.5 Å². The highest BCUT2D eigenvalue weighted by Gasteiger charge is 2.28. The minimum atomic E-state index is -2.97. The summed E-state index contributed by atoms with van der Waals surface area (Å²) in [6, 6.07) is 6.26. The Hall–Kier alpha value is -1.43. The van der Waals surface area contributed by atoms with Crippen LogP contribution in [0, 0.1) is 10.1 Å². The molecule has 1 heterocycles. The number of nitro groups is 1. The van der Waals surface area contributed by atoms with Gasteiger partial charge in [-0.15, -0.1) is 24.0 Å². The lowest BCUT2D eigenvalue weighted by Gasteiger charge is -2.16. The molecule has 1 aromatic rings. The summed E-state index contributed by atoms with van der Waals surface area (Å²) < 4.78 is 22.9. The quantitative estimate of drug-likeness (QED) is 0.231. The summed E-state index contributed by atoms with van der Waals surface area (Å²) in [5, 5.41) is 17.0. The molecule has 10 heteroatoms. The molecule has 1 aliphatic rings. The monoisotopic (exact) mass is 454 g/mol. The van der Waals surface area contributed by atoms with Gasteiger partial charge in [-0.3, -0.25) is 15.1 Å². The second kappa shape index (κ2) is 8.43. The van der Waals surface area contributed by atoms with Crippen molar-refractivity contribution in [2.75, 3.05) is 18.6 Å². The fourth-order valence-corrected chi connectivity index (χ4v) is 3.99. The highest BCUT2D eigenvalue weighted by molar-refractivity contribution is 14.0. The van der Waals surface area contributed by atoms with E-state index in [1.165, 1.54) is 6.07 Å². The minimum Gasteiger partial charge on any atom is -0.353 e. The molecule has 1 fully saturated rings. The van der Waals surface area contributed by atoms with E-state index in [0.29, 0.717) is 17.9 Å². The highest BCUT2D eigenvalue weighted by Crippen LogP contribution is 2.17. The first-order valence-corrected chi connectivity index (χ1v) is 8.63. The number of benzene rings is 1. The van der Waals surface area contributed by atoms with Gasteiger partial charge in [-0.05, 0) is 6.42 Å². The Bertz CT molecular complexity index is 693. The smallest absolute Gasteiger partial charge is 0.274 e. The van der Waals surface area contributed by atoms with Crippen molar-refractivity contribution in [2.24, 2.45) is 4.99 Å². The molecule has 2 N–H and O–H groups in total. The SMILES string of the molecule is CN=C(NCc1ccccc1[N+](=O)[O-])NC1CCS(=O)(=O)C1.I. The third kappa shape index (κ3) is 5.61. The van der Waals surface area contributed by atoms with Crippen LogP contribution in [0.15, 0.2) is 29.3 Å². The second-order valence-electron chi connectivity index (χ2n) is 5.06. The van der Waals surface area contributed by atoms with Crippen molar-refractivity contribution < 1.29 is 13.3 Å². The number of hydrogen-bond donors (Lipinski definition) is 2. The standard InChI is InChI=1S/C13H18N4O4S.HI/c1-14-13(16-11-6-7-22(20,21)9-11)15-8-10-4-2-3-5-12(10)17(18)19;/h2-5,11H,6-9H2,1H3,(H2,14,15,16);1H. The molecule has 0 radical (unpaired) electrons. The Morgan fingerprint density at radius 2 is 2.13 bits per heavy atom. The zero-order valence-electron chi connectivity index (χ0n) is 12.6. The molecule has 0 aromatic heterocycles. The Balaban J connectivity index is 0.00000264. The van der Waals surface area contributed by atoms with Crippen LogP contribution in [0.2, 0.25) is 0 Å². The van der Waals surface area contributed by atoms with Gasteiger partial charge in [-0.2, -0.15) is 0 Å². The van der Waals surface area contributed by atoms with Gasteiger partial charge < -0.3 is 10.6 Å². The average Bonchev–Trinajstić information content (AvgIpc) is 2.82. The fraction of sp³-hybridized carbons (Fsp3) is 0.462. The number of aliphatic imine (C=N–C) groups is 1. The van der Waals surface area contributed by atoms with Crippen molar-refractivity contribution in [3.05, 3.63) is 39.9 Å². The molecule has 1 aromatic carbocycles. The number of para-hydroxylation sites is 1. The molecule has 1 aliphatic heterocycles. The van der Waals surface area contributed by atoms with Crippen molar-refractivity contribution in [3.8, 4) is 0 Å². The molecule has 1 unspecified atom stereocenters. The lowest BCUT2D eigenvalue weighted by Crippen LogP contribution is -2.43. The van der Waals surface area contributed by atoms with Crippen LogP contribution in [0.4, 0.5) is 5.69 Å². The molecular formula is C13H19IN4O4S. The van der Waals surface area contributed by atoms with Crippen molar-refractivity contribution in [2.45, 2.75) is 19.0 Å². The number of rotatable bonds is 4. The van der Waals surface area contributed by atoms with Gasteiger partial charge in [0.25, 0.3) is 5.69 Å². The zero-order chi connectivity index (χ0) is 16.2. The maximum atomic E-state index is 11.4. The van der Waals surface area contributed by atoms with Gasteiger partial charge in [0, 0.05) is 31.3 Å². The van der Waals surface area contributed by atoms with Crippen molar-refractivity contribution in [3.63, 3.8) is 0 Å². The third-order valence-electron chi connectivity index (χ3n) is 3.43. The minimum absolute atomic E-state index is 0. The maximum Gasteiger partial charge on any atom is 0.274 e. The number of hydrogen-bond acceptors (Lipinski definition) is 5. The van der Waals surface area contributed by atoms with E-state index < -0.39 is 14.8 Å². The van der Waals surface area contributed by atoms with Gasteiger partial charge in [0.1, 0.15) is 0 Å². The van der Waals surface area contributed by atoms with E-state index in [1.807, 2.05) is 0 Å². The summed E-state index contributed by atoms with van der Waals surface area (Å²) in [5.74, 6) is 0.686. The number of guanidine groups is 1. The van der Waals surface area contributed by atoms with Gasteiger partial charge in [0.15, 0.2) is 15.8 Å². The topological polar surface area (TPSA) is 114 Å². The van der Waals surface area contributed by atoms with Crippen LogP contribution in [0.1, 0.15) is 12.0 Å². The molecule has 0 bridgehead atoms. The van der Waals surface area contributed by atoms with E-state index in [2.05, 4.69) is 15.6 Å². The normalized spacial score (nSPS) is 19.7. The van der Waals surface area contributed by atoms with E-state index in [4.69, 9.17) is 0 Å². The molecule has 8 nitrogen and oxygen atoms in total. The molecule has 2 rings (SSSR count). The van der Waals surface area contributed by atoms with Crippen molar-refractivity contribution >= 4 is 45.5 Å². The summed E-state index contributed by atoms with van der Waals surface area (Å²) in [7, 11) is -1.40. The Morgan fingerprint density at radius 3 is 2.70 bits per heavy atom. The number of nitrogens with one attached hydrogen (secondary N) is 2. The lowest BCUT2D eigenvalue weighted by molar-refractivity contribution is -0.385. The summed E-state index contributed by atoms with van der Waals surface area (Å²) in [4.78, 5) is 14.5. The van der Waals surface area contributed by atoms with Gasteiger partial charge in [0.2, 0.25) is 0 Å². The number of halogens is 1. The zero-order valence-corrected chi connectivity index (χ0v) is 15.7. The average molecular weight is 454 g/mol. The van der Waals surface area contributed by atoms with Crippen molar-refractivity contribution in [1.29, 1.82) is 0 Å². The van der Waals surface area contributed by atoms with Crippen LogP contribution in [0.25, 0.3) is 0 Å². The van der Waals surface area contributed by atoms with Gasteiger partial charge in [-0.1, -0.05) is 18.2 Å². The molecule has 128 valence electrons. The number of sulfone groups is 1. The highest BCUT2D eigenvalue weighted by atomic mass is 127. The Kier molecular flexibility index (Phi) is 7.19. The third-order valence-corrected chi connectivity index (χ3v) is 5.20. The predicted octanol–water partition coefficient (Wildman–Crippen LogP) is 1.06. The van der Waals surface area contributed by atoms with Gasteiger partial charge in [-0.25, -0.2) is 8.42 Å². The van der Waals surface area contributed by atoms with Crippen LogP contribution < -0.4 is 10.6 Å². The fourth-order valence-electron chi connectivity index (χ4n) is 2.31. The van der Waals surface area contributed by atoms with Crippen LogP contribution in [0.3, 0.4) is 0 Å². The van der Waals surface area contributed by atoms with E-state index in [0.717, 1.165) is 0 Å². The molecule has 0 aliphatic carbocycles. The van der Waals surface area contributed by atoms with E-state index >= 15 is 0 Å². The lowest BCUT2D eigenvalue weighted by atomic mass is 10.2. The summed E-state index contributed by atoms with van der Waals surface area (Å²) in [6.45, 7) is 0.232. The van der Waals surface area contributed by atoms with Crippen LogP contribution >= 0.6 is 24.0 Å². The first-order chi connectivity index (χ1) is 10.4. The van der Waals surface area contributed by atoms with Crippen LogP contribution in [0.5, 0.6) is 0 Å². The predicted molar refractivity (Wildman–Crippen MR) is 98.9 cm³/mol.